The molecule has 6 rings (SSSR count). The molecule has 3 aromatic rings. The normalized spacial score (nSPS) is 21.8. The van der Waals surface area contributed by atoms with Crippen molar-refractivity contribution in [1.29, 1.82) is 0 Å². The van der Waals surface area contributed by atoms with E-state index < -0.39 is 58.1 Å². The topological polar surface area (TPSA) is 142 Å². The van der Waals surface area contributed by atoms with Crippen molar-refractivity contribution in [2.45, 2.75) is 49.5 Å². The fourth-order valence-electron chi connectivity index (χ4n) is 5.58. The Morgan fingerprint density at radius 1 is 1.22 bits per heavy atom. The molecule has 1 unspecified atom stereocenters. The number of benzene rings is 2. The molecule has 2 fully saturated rings. The van der Waals surface area contributed by atoms with E-state index in [0.717, 1.165) is 18.9 Å². The molecule has 9 nitrogen and oxygen atoms in total. The van der Waals surface area contributed by atoms with Crippen molar-refractivity contribution in [3.63, 3.8) is 0 Å². The van der Waals surface area contributed by atoms with Crippen LogP contribution >= 0.6 is 11.6 Å². The van der Waals surface area contributed by atoms with Gasteiger partial charge in [-0.3, -0.25) is 14.6 Å². The number of fused-ring (bicyclic) bond motifs is 1. The highest BCUT2D eigenvalue weighted by Gasteiger charge is 2.61. The summed E-state index contributed by atoms with van der Waals surface area (Å²) in [7, 11) is 1.40. The molecule has 2 heterocycles. The van der Waals surface area contributed by atoms with E-state index in [1.54, 1.807) is 6.21 Å². The number of nitrogen functional groups attached to an aromatic ring is 1. The summed E-state index contributed by atoms with van der Waals surface area (Å²) in [5.41, 5.74) is 11.2. The lowest BCUT2D eigenvalue weighted by Crippen LogP contribution is -2.40. The van der Waals surface area contributed by atoms with Crippen molar-refractivity contribution in [1.82, 2.24) is 10.3 Å². The number of nitrogens with one attached hydrogen (secondary N) is 1. The number of nitrogens with zero attached hydrogens (tertiary/aromatic N) is 2. The summed E-state index contributed by atoms with van der Waals surface area (Å²) in [6.45, 7) is 0.978. The van der Waals surface area contributed by atoms with E-state index in [0.29, 0.717) is 17.3 Å². The Labute approximate surface area is 266 Å². The highest BCUT2D eigenvalue weighted by atomic mass is 35.5. The number of alkyl halides is 2. The SMILES string of the molecule is COc1cc(C(=O)NCC(c2cc3c(c(-c4cc(Cl)c(F)cc4F)n2)OC[C@]3(C)C(N)=O)[C@H]2CC2(F)F)cc(C=NC2CC2)c1N. The number of anilines is 1. The quantitative estimate of drug-likeness (QED) is 0.119. The first-order valence-corrected chi connectivity index (χ1v) is 14.9. The minimum atomic E-state index is -3.07. The van der Waals surface area contributed by atoms with Gasteiger partial charge in [-0.15, -0.1) is 0 Å². The van der Waals surface area contributed by atoms with Crippen LogP contribution in [0.3, 0.4) is 0 Å². The standard InChI is InChI=1S/C32H30ClF4N5O4/c1-31(30(39)44)13-46-28-19(31)8-24(42-27(28)17-7-21(33)23(35)9-22(17)34)18(20-10-32(20,36)37)12-41-29(43)14-5-15(11-40-16-3-4-16)26(38)25(6-14)45-2/h5-9,11,16,18,20H,3-4,10,12-13,38H2,1-2H3,(H2,39,44)(H,41,43)/t18?,20-,31+/m1/s1. The summed E-state index contributed by atoms with van der Waals surface area (Å²) >= 11 is 5.96. The zero-order chi connectivity index (χ0) is 33.1. The number of halogens is 5. The lowest BCUT2D eigenvalue weighted by Gasteiger charge is -2.22. The van der Waals surface area contributed by atoms with Crippen molar-refractivity contribution in [2.75, 3.05) is 26.0 Å². The molecule has 242 valence electrons. The molecule has 0 radical (unpaired) electrons. The van der Waals surface area contributed by atoms with Crippen LogP contribution in [0.1, 0.15) is 59.3 Å². The van der Waals surface area contributed by atoms with Gasteiger partial charge in [-0.05, 0) is 44.0 Å². The highest BCUT2D eigenvalue weighted by Crippen LogP contribution is 2.57. The van der Waals surface area contributed by atoms with Gasteiger partial charge in [-0.25, -0.2) is 22.5 Å². The number of hydrogen-bond donors (Lipinski definition) is 3. The van der Waals surface area contributed by atoms with Crippen molar-refractivity contribution >= 4 is 35.3 Å². The van der Waals surface area contributed by atoms with E-state index in [1.807, 2.05) is 0 Å². The average molecular weight is 660 g/mol. The van der Waals surface area contributed by atoms with Gasteiger partial charge in [0.05, 0.1) is 23.9 Å². The Hall–Kier alpha value is -4.39. The molecule has 1 aromatic heterocycles. The lowest BCUT2D eigenvalue weighted by molar-refractivity contribution is -0.123. The second kappa shape index (κ2) is 11.4. The number of carbonyl (C=O) groups excluding carboxylic acids is 2. The molecular formula is C32H30ClF4N5O4. The number of hydrogen-bond acceptors (Lipinski definition) is 7. The summed E-state index contributed by atoms with van der Waals surface area (Å²) < 4.78 is 69.6. The molecule has 1 aliphatic heterocycles. The largest absolute Gasteiger partial charge is 0.495 e. The highest BCUT2D eigenvalue weighted by molar-refractivity contribution is 6.31. The molecule has 2 aromatic carbocycles. The Balaban J connectivity index is 1.39. The summed E-state index contributed by atoms with van der Waals surface area (Å²) in [6.07, 6.45) is 3.02. The van der Waals surface area contributed by atoms with Gasteiger partial charge >= 0.3 is 0 Å². The molecule has 0 spiro atoms. The fraction of sp³-hybridized carbons (Fsp3) is 0.375. The molecule has 3 aliphatic rings. The first-order chi connectivity index (χ1) is 21.7. The molecule has 46 heavy (non-hydrogen) atoms. The van der Waals surface area contributed by atoms with E-state index in [4.69, 9.17) is 32.5 Å². The van der Waals surface area contributed by atoms with Gasteiger partial charge in [-0.1, -0.05) is 11.6 Å². The van der Waals surface area contributed by atoms with Crippen LogP contribution in [0.2, 0.25) is 5.02 Å². The number of pyridine rings is 1. The summed E-state index contributed by atoms with van der Waals surface area (Å²) in [4.78, 5) is 34.9. The summed E-state index contributed by atoms with van der Waals surface area (Å²) in [6, 6.07) is 6.16. The minimum absolute atomic E-state index is 0.00803. The number of aromatic nitrogens is 1. The van der Waals surface area contributed by atoms with Crippen LogP contribution < -0.4 is 26.3 Å². The zero-order valence-corrected chi connectivity index (χ0v) is 25.6. The molecule has 14 heteroatoms. The van der Waals surface area contributed by atoms with E-state index in [9.17, 15) is 22.8 Å². The first-order valence-electron chi connectivity index (χ1n) is 14.5. The summed E-state index contributed by atoms with van der Waals surface area (Å²) in [5, 5.41) is 2.30. The number of rotatable bonds is 10. The van der Waals surface area contributed by atoms with Crippen molar-refractivity contribution in [2.24, 2.45) is 16.6 Å². The third kappa shape index (κ3) is 5.72. The number of aliphatic imine (C=N–C) groups is 1. The number of primary amides is 1. The van der Waals surface area contributed by atoms with Crippen LogP contribution in [0.25, 0.3) is 11.3 Å². The van der Waals surface area contributed by atoms with Crippen LogP contribution in [0.5, 0.6) is 11.5 Å². The van der Waals surface area contributed by atoms with Gasteiger partial charge in [0.15, 0.2) is 0 Å². The third-order valence-electron chi connectivity index (χ3n) is 8.75. The maximum atomic E-state index is 15.1. The fourth-order valence-corrected chi connectivity index (χ4v) is 5.74. The van der Waals surface area contributed by atoms with Gasteiger partial charge in [-0.2, -0.15) is 0 Å². The van der Waals surface area contributed by atoms with Crippen LogP contribution in [0, 0.1) is 17.6 Å². The van der Waals surface area contributed by atoms with Crippen molar-refractivity contribution < 1.29 is 36.6 Å². The monoisotopic (exact) mass is 659 g/mol. The number of nitrogens with two attached hydrogens (primary N) is 2. The molecule has 3 atom stereocenters. The number of ether oxygens (including phenoxy) is 2. The average Bonchev–Trinajstić information content (AvgIpc) is 3.92. The van der Waals surface area contributed by atoms with Crippen LogP contribution in [0.15, 0.2) is 35.3 Å². The first kappa shape index (κ1) is 31.6. The Bertz CT molecular complexity index is 1800. The number of methoxy groups -OCH3 is 1. The molecule has 2 saturated carbocycles. The van der Waals surface area contributed by atoms with Gasteiger partial charge in [0, 0.05) is 65.0 Å². The number of amides is 2. The molecule has 2 amide bonds. The van der Waals surface area contributed by atoms with E-state index in [2.05, 4.69) is 15.3 Å². The third-order valence-corrected chi connectivity index (χ3v) is 9.04. The zero-order valence-electron chi connectivity index (χ0n) is 24.8. The van der Waals surface area contributed by atoms with Crippen LogP contribution in [0.4, 0.5) is 23.2 Å². The van der Waals surface area contributed by atoms with Gasteiger partial charge in [0.25, 0.3) is 11.8 Å². The molecule has 0 saturated heterocycles. The van der Waals surface area contributed by atoms with Crippen molar-refractivity contribution in [3.05, 3.63) is 69.4 Å². The van der Waals surface area contributed by atoms with Gasteiger partial charge < -0.3 is 26.3 Å². The molecular weight excluding hydrogens is 630 g/mol. The van der Waals surface area contributed by atoms with Crippen LogP contribution in [-0.4, -0.2) is 55.2 Å². The molecule has 5 N–H and O–H groups in total. The Morgan fingerprint density at radius 3 is 2.57 bits per heavy atom. The van der Waals surface area contributed by atoms with E-state index in [-0.39, 0.29) is 58.8 Å². The molecule has 2 aliphatic carbocycles. The second-order valence-corrected chi connectivity index (χ2v) is 12.5. The van der Waals surface area contributed by atoms with E-state index in [1.165, 1.54) is 32.2 Å². The Kier molecular flexibility index (Phi) is 7.86. The summed E-state index contributed by atoms with van der Waals surface area (Å²) in [5.74, 6) is -8.59. The maximum Gasteiger partial charge on any atom is 0.252 e. The predicted octanol–water partition coefficient (Wildman–Crippen LogP) is 5.16. The van der Waals surface area contributed by atoms with Gasteiger partial charge in [0.1, 0.15) is 40.8 Å². The smallest absolute Gasteiger partial charge is 0.252 e. The van der Waals surface area contributed by atoms with Gasteiger partial charge in [0.2, 0.25) is 5.91 Å². The minimum Gasteiger partial charge on any atom is -0.495 e. The molecule has 0 bridgehead atoms. The maximum absolute atomic E-state index is 15.1. The van der Waals surface area contributed by atoms with Crippen molar-refractivity contribution in [3.8, 4) is 22.8 Å². The second-order valence-electron chi connectivity index (χ2n) is 12.1. The van der Waals surface area contributed by atoms with Crippen LogP contribution in [-0.2, 0) is 10.2 Å². The predicted molar refractivity (Wildman–Crippen MR) is 163 cm³/mol. The van der Waals surface area contributed by atoms with E-state index >= 15 is 4.39 Å². The lowest BCUT2D eigenvalue weighted by atomic mass is 9.82. The Morgan fingerprint density at radius 2 is 1.93 bits per heavy atom. The number of carbonyl (C=O) groups is 2.